The molecule has 0 spiro atoms. The first-order valence-corrected chi connectivity index (χ1v) is 10.7. The SMILES string of the molecule is CC.Cc1cnc(Cn2cc(C)c3c(Cl)nc(NC(=O)C(C)(C)C)nc32)c(C)c1Cl. The van der Waals surface area contributed by atoms with Gasteiger partial charge >= 0.3 is 0 Å². The summed E-state index contributed by atoms with van der Waals surface area (Å²) in [5.74, 6) is 0.00367. The molecule has 0 atom stereocenters. The van der Waals surface area contributed by atoms with Crippen LogP contribution in [0, 0.1) is 26.2 Å². The number of aryl methyl sites for hydroxylation is 2. The Kier molecular flexibility index (Phi) is 7.48. The molecule has 0 bridgehead atoms. The summed E-state index contributed by atoms with van der Waals surface area (Å²) < 4.78 is 1.95. The number of amides is 1. The molecule has 30 heavy (non-hydrogen) atoms. The molecule has 0 aliphatic rings. The van der Waals surface area contributed by atoms with Crippen LogP contribution in [0.1, 0.15) is 57.0 Å². The summed E-state index contributed by atoms with van der Waals surface area (Å²) >= 11 is 12.8. The van der Waals surface area contributed by atoms with Gasteiger partial charge in [-0.05, 0) is 37.5 Å². The van der Waals surface area contributed by atoms with Gasteiger partial charge in [0, 0.05) is 22.8 Å². The van der Waals surface area contributed by atoms with Gasteiger partial charge in [0.15, 0.2) is 0 Å². The topological polar surface area (TPSA) is 72.7 Å². The molecule has 8 heteroatoms. The van der Waals surface area contributed by atoms with E-state index in [0.717, 1.165) is 27.8 Å². The molecule has 0 aromatic carbocycles. The Labute approximate surface area is 188 Å². The average molecular weight is 450 g/mol. The number of nitrogens with one attached hydrogen (secondary N) is 1. The van der Waals surface area contributed by atoms with Gasteiger partial charge in [0.1, 0.15) is 10.8 Å². The predicted molar refractivity (Wildman–Crippen MR) is 125 cm³/mol. The van der Waals surface area contributed by atoms with Crippen LogP contribution in [0.3, 0.4) is 0 Å². The van der Waals surface area contributed by atoms with Crippen LogP contribution < -0.4 is 5.32 Å². The van der Waals surface area contributed by atoms with E-state index in [1.165, 1.54) is 0 Å². The lowest BCUT2D eigenvalue weighted by Gasteiger charge is -2.17. The number of carbonyl (C=O) groups is 1. The molecule has 0 aliphatic carbocycles. The zero-order valence-corrected chi connectivity index (χ0v) is 20.3. The molecule has 0 unspecified atom stereocenters. The van der Waals surface area contributed by atoms with E-state index in [4.69, 9.17) is 23.2 Å². The van der Waals surface area contributed by atoms with Crippen LogP contribution in [0.5, 0.6) is 0 Å². The minimum atomic E-state index is -0.567. The lowest BCUT2D eigenvalue weighted by atomic mass is 9.96. The number of pyridine rings is 1. The fourth-order valence-electron chi connectivity index (χ4n) is 2.87. The second-order valence-electron chi connectivity index (χ2n) is 8.01. The highest BCUT2D eigenvalue weighted by Crippen LogP contribution is 2.29. The Hall–Kier alpha value is -2.18. The molecular weight excluding hydrogens is 421 g/mol. The summed E-state index contributed by atoms with van der Waals surface area (Å²) in [7, 11) is 0. The van der Waals surface area contributed by atoms with Crippen molar-refractivity contribution in [3.8, 4) is 0 Å². The highest BCUT2D eigenvalue weighted by Gasteiger charge is 2.23. The van der Waals surface area contributed by atoms with E-state index in [1.54, 1.807) is 6.20 Å². The van der Waals surface area contributed by atoms with Crippen molar-refractivity contribution in [1.82, 2.24) is 19.5 Å². The first-order chi connectivity index (χ1) is 14.0. The first-order valence-electron chi connectivity index (χ1n) is 9.94. The fraction of sp³-hybridized carbons (Fsp3) is 0.455. The molecule has 3 rings (SSSR count). The molecule has 3 aromatic rings. The van der Waals surface area contributed by atoms with E-state index >= 15 is 0 Å². The van der Waals surface area contributed by atoms with Crippen molar-refractivity contribution < 1.29 is 4.79 Å². The van der Waals surface area contributed by atoms with E-state index in [9.17, 15) is 4.79 Å². The van der Waals surface area contributed by atoms with Gasteiger partial charge in [0.2, 0.25) is 11.9 Å². The van der Waals surface area contributed by atoms with Crippen molar-refractivity contribution in [3.63, 3.8) is 0 Å². The smallest absolute Gasteiger partial charge is 0.232 e. The highest BCUT2D eigenvalue weighted by molar-refractivity contribution is 6.34. The molecule has 0 aliphatic heterocycles. The number of carbonyl (C=O) groups excluding carboxylic acids is 1. The molecule has 0 radical (unpaired) electrons. The molecule has 1 amide bonds. The molecule has 0 saturated heterocycles. The largest absolute Gasteiger partial charge is 0.326 e. The molecule has 3 aromatic heterocycles. The summed E-state index contributed by atoms with van der Waals surface area (Å²) in [4.78, 5) is 25.6. The van der Waals surface area contributed by atoms with Crippen LogP contribution in [0.4, 0.5) is 5.95 Å². The van der Waals surface area contributed by atoms with Gasteiger partial charge in [-0.3, -0.25) is 15.1 Å². The van der Waals surface area contributed by atoms with Crippen molar-refractivity contribution in [2.75, 3.05) is 5.32 Å². The Morgan fingerprint density at radius 1 is 1.10 bits per heavy atom. The standard InChI is InChI=1S/C20H23Cl2N5O.C2H6/c1-10-7-23-13(12(3)15(10)21)9-27-8-11(2)14-16(22)24-19(25-17(14)27)26-18(28)20(4,5)6;1-2/h7-8H,9H2,1-6H3,(H,24,25,26,28);1-2H3. The Bertz CT molecular complexity index is 1080. The van der Waals surface area contributed by atoms with Gasteiger partial charge in [0.25, 0.3) is 0 Å². The summed E-state index contributed by atoms with van der Waals surface area (Å²) in [6.45, 7) is 15.8. The lowest BCUT2D eigenvalue weighted by molar-refractivity contribution is -0.123. The van der Waals surface area contributed by atoms with Gasteiger partial charge < -0.3 is 4.57 Å². The summed E-state index contributed by atoms with van der Waals surface area (Å²) in [6, 6.07) is 0. The van der Waals surface area contributed by atoms with E-state index in [2.05, 4.69) is 20.3 Å². The Balaban J connectivity index is 0.00000155. The van der Waals surface area contributed by atoms with Gasteiger partial charge in [0.05, 0.1) is 17.6 Å². The molecule has 0 fully saturated rings. The number of hydrogen-bond acceptors (Lipinski definition) is 4. The normalized spacial score (nSPS) is 11.3. The number of fused-ring (bicyclic) bond motifs is 1. The van der Waals surface area contributed by atoms with E-state index in [-0.39, 0.29) is 11.9 Å². The number of anilines is 1. The van der Waals surface area contributed by atoms with E-state index in [0.29, 0.717) is 22.4 Å². The Morgan fingerprint density at radius 2 is 1.73 bits per heavy atom. The molecular formula is C22H29Cl2N5O. The van der Waals surface area contributed by atoms with Crippen molar-refractivity contribution in [2.24, 2.45) is 5.41 Å². The second kappa shape index (κ2) is 9.31. The van der Waals surface area contributed by atoms with Crippen molar-refractivity contribution in [2.45, 2.75) is 61.9 Å². The zero-order valence-electron chi connectivity index (χ0n) is 18.8. The summed E-state index contributed by atoms with van der Waals surface area (Å²) in [6.07, 6.45) is 3.72. The minimum absolute atomic E-state index is 0.180. The maximum atomic E-state index is 12.3. The monoisotopic (exact) mass is 449 g/mol. The van der Waals surface area contributed by atoms with Crippen molar-refractivity contribution >= 4 is 46.1 Å². The maximum Gasteiger partial charge on any atom is 0.232 e. The maximum absolute atomic E-state index is 12.3. The molecule has 1 N–H and O–H groups in total. The number of aromatic nitrogens is 4. The predicted octanol–water partition coefficient (Wildman–Crippen LogP) is 6.12. The fourth-order valence-corrected chi connectivity index (χ4v) is 3.34. The highest BCUT2D eigenvalue weighted by atomic mass is 35.5. The summed E-state index contributed by atoms with van der Waals surface area (Å²) in [5.41, 5.74) is 3.74. The van der Waals surface area contributed by atoms with Gasteiger partial charge in [-0.2, -0.15) is 9.97 Å². The van der Waals surface area contributed by atoms with Crippen LogP contribution in [0.15, 0.2) is 12.4 Å². The van der Waals surface area contributed by atoms with Crippen LogP contribution in [-0.4, -0.2) is 25.4 Å². The molecule has 162 valence electrons. The Morgan fingerprint density at radius 3 is 2.33 bits per heavy atom. The third-order valence-electron chi connectivity index (χ3n) is 4.61. The number of hydrogen-bond donors (Lipinski definition) is 1. The third kappa shape index (κ3) is 4.93. The van der Waals surface area contributed by atoms with Gasteiger partial charge in [-0.1, -0.05) is 57.8 Å². The number of nitrogens with zero attached hydrogens (tertiary/aromatic N) is 4. The quantitative estimate of drug-likeness (QED) is 0.488. The van der Waals surface area contributed by atoms with Crippen LogP contribution in [-0.2, 0) is 11.3 Å². The first kappa shape index (κ1) is 24.1. The zero-order chi connectivity index (χ0) is 22.8. The van der Waals surface area contributed by atoms with Gasteiger partial charge in [-0.15, -0.1) is 0 Å². The molecule has 6 nitrogen and oxygen atoms in total. The number of halogens is 2. The molecule has 0 saturated carbocycles. The summed E-state index contributed by atoms with van der Waals surface area (Å²) in [5, 5.41) is 4.52. The van der Waals surface area contributed by atoms with E-state index in [1.807, 2.05) is 66.2 Å². The number of rotatable bonds is 3. The van der Waals surface area contributed by atoms with Crippen LogP contribution in [0.2, 0.25) is 10.2 Å². The third-order valence-corrected chi connectivity index (χ3v) is 5.47. The van der Waals surface area contributed by atoms with Crippen molar-refractivity contribution in [1.29, 1.82) is 0 Å². The second-order valence-corrected chi connectivity index (χ2v) is 8.74. The van der Waals surface area contributed by atoms with Crippen LogP contribution in [0.25, 0.3) is 11.0 Å². The molecule has 3 heterocycles. The van der Waals surface area contributed by atoms with Gasteiger partial charge in [-0.25, -0.2) is 0 Å². The minimum Gasteiger partial charge on any atom is -0.326 e. The lowest BCUT2D eigenvalue weighted by Crippen LogP contribution is -2.28. The van der Waals surface area contributed by atoms with Crippen LogP contribution >= 0.6 is 23.2 Å². The van der Waals surface area contributed by atoms with E-state index < -0.39 is 5.41 Å². The van der Waals surface area contributed by atoms with Crippen molar-refractivity contribution in [3.05, 3.63) is 45.0 Å². The average Bonchev–Trinajstić information content (AvgIpc) is 2.99.